The standard InChI is InChI=1S/C12H15FN2O3/c1-15-11(16)3-2-6-18-12(17)9-7-8(14)4-5-10(9)13/h4-5,7H,2-3,6,14H2,1H3,(H,15,16). The number of halogens is 1. The van der Waals surface area contributed by atoms with Gasteiger partial charge in [-0.15, -0.1) is 0 Å². The molecule has 18 heavy (non-hydrogen) atoms. The maximum Gasteiger partial charge on any atom is 0.341 e. The number of nitrogens with one attached hydrogen (secondary N) is 1. The summed E-state index contributed by atoms with van der Waals surface area (Å²) < 4.78 is 18.1. The van der Waals surface area contributed by atoms with Crippen LogP contribution < -0.4 is 11.1 Å². The van der Waals surface area contributed by atoms with Crippen molar-refractivity contribution in [2.45, 2.75) is 12.8 Å². The second-order valence-corrected chi connectivity index (χ2v) is 3.65. The predicted octanol–water partition coefficient (Wildman–Crippen LogP) is 1.09. The van der Waals surface area contributed by atoms with Gasteiger partial charge in [0, 0.05) is 19.2 Å². The first-order valence-electron chi connectivity index (χ1n) is 5.47. The second-order valence-electron chi connectivity index (χ2n) is 3.65. The highest BCUT2D eigenvalue weighted by Gasteiger charge is 2.13. The van der Waals surface area contributed by atoms with Gasteiger partial charge in [-0.25, -0.2) is 9.18 Å². The Hall–Kier alpha value is -2.11. The van der Waals surface area contributed by atoms with Gasteiger partial charge in [-0.3, -0.25) is 4.79 Å². The van der Waals surface area contributed by atoms with Crippen LogP contribution in [0.15, 0.2) is 18.2 Å². The second kappa shape index (κ2) is 6.58. The van der Waals surface area contributed by atoms with E-state index in [1.807, 2.05) is 0 Å². The van der Waals surface area contributed by atoms with Gasteiger partial charge in [-0.2, -0.15) is 0 Å². The minimum Gasteiger partial charge on any atom is -0.462 e. The van der Waals surface area contributed by atoms with E-state index >= 15 is 0 Å². The lowest BCUT2D eigenvalue weighted by Gasteiger charge is -2.06. The molecule has 1 amide bonds. The van der Waals surface area contributed by atoms with Crippen LogP contribution in [-0.4, -0.2) is 25.5 Å². The Bertz CT molecular complexity index is 449. The SMILES string of the molecule is CNC(=O)CCCOC(=O)c1cc(N)ccc1F. The third kappa shape index (κ3) is 4.04. The summed E-state index contributed by atoms with van der Waals surface area (Å²) in [7, 11) is 1.52. The zero-order chi connectivity index (χ0) is 13.5. The predicted molar refractivity (Wildman–Crippen MR) is 64.4 cm³/mol. The molecule has 0 heterocycles. The fourth-order valence-corrected chi connectivity index (χ4v) is 1.30. The summed E-state index contributed by atoms with van der Waals surface area (Å²) in [5.74, 6) is -1.60. The monoisotopic (exact) mass is 254 g/mol. The van der Waals surface area contributed by atoms with E-state index in [9.17, 15) is 14.0 Å². The summed E-state index contributed by atoms with van der Waals surface area (Å²) in [5.41, 5.74) is 5.54. The number of ether oxygens (including phenoxy) is 1. The molecule has 1 aromatic carbocycles. The molecule has 0 atom stereocenters. The number of nitrogens with two attached hydrogens (primary N) is 1. The summed E-state index contributed by atoms with van der Waals surface area (Å²) >= 11 is 0. The molecule has 0 spiro atoms. The van der Waals surface area contributed by atoms with Crippen LogP contribution in [0.25, 0.3) is 0 Å². The summed E-state index contributed by atoms with van der Waals surface area (Å²) in [6, 6.07) is 3.69. The van der Waals surface area contributed by atoms with Gasteiger partial charge in [0.25, 0.3) is 0 Å². The number of anilines is 1. The maximum absolute atomic E-state index is 13.3. The molecule has 0 aliphatic carbocycles. The average molecular weight is 254 g/mol. The first-order valence-corrected chi connectivity index (χ1v) is 5.47. The van der Waals surface area contributed by atoms with Crippen molar-refractivity contribution in [2.75, 3.05) is 19.4 Å². The van der Waals surface area contributed by atoms with Crippen LogP contribution in [0.1, 0.15) is 23.2 Å². The highest BCUT2D eigenvalue weighted by molar-refractivity contribution is 5.90. The Morgan fingerprint density at radius 3 is 2.83 bits per heavy atom. The molecule has 0 aliphatic heterocycles. The maximum atomic E-state index is 13.3. The highest BCUT2D eigenvalue weighted by atomic mass is 19.1. The molecule has 0 bridgehead atoms. The van der Waals surface area contributed by atoms with E-state index in [2.05, 4.69) is 5.32 Å². The topological polar surface area (TPSA) is 81.4 Å². The van der Waals surface area contributed by atoms with Crippen molar-refractivity contribution >= 4 is 17.6 Å². The minimum atomic E-state index is -0.781. The van der Waals surface area contributed by atoms with Crippen LogP contribution in [0.2, 0.25) is 0 Å². The lowest BCUT2D eigenvalue weighted by atomic mass is 10.2. The molecule has 0 fully saturated rings. The summed E-state index contributed by atoms with van der Waals surface area (Å²) in [5, 5.41) is 2.45. The van der Waals surface area contributed by atoms with E-state index in [4.69, 9.17) is 10.5 Å². The number of esters is 1. The number of nitrogen functional groups attached to an aromatic ring is 1. The first kappa shape index (κ1) is 14.0. The number of hydrogen-bond donors (Lipinski definition) is 2. The molecule has 0 aliphatic rings. The van der Waals surface area contributed by atoms with E-state index in [1.165, 1.54) is 19.2 Å². The molecule has 1 aromatic rings. The van der Waals surface area contributed by atoms with Crippen LogP contribution in [-0.2, 0) is 9.53 Å². The molecule has 5 nitrogen and oxygen atoms in total. The Kier molecular flexibility index (Phi) is 5.10. The van der Waals surface area contributed by atoms with Gasteiger partial charge in [-0.05, 0) is 24.6 Å². The lowest BCUT2D eigenvalue weighted by molar-refractivity contribution is -0.120. The molecular formula is C12H15FN2O3. The molecule has 0 unspecified atom stereocenters. The fraction of sp³-hybridized carbons (Fsp3) is 0.333. The van der Waals surface area contributed by atoms with Crippen LogP contribution in [0.3, 0.4) is 0 Å². The number of amides is 1. The van der Waals surface area contributed by atoms with E-state index in [1.54, 1.807) is 0 Å². The fourth-order valence-electron chi connectivity index (χ4n) is 1.30. The number of rotatable bonds is 5. The Labute approximate surface area is 104 Å². The summed E-state index contributed by atoms with van der Waals surface area (Å²) in [6.07, 6.45) is 0.637. The third-order valence-electron chi connectivity index (χ3n) is 2.27. The van der Waals surface area contributed by atoms with Gasteiger partial charge in [0.1, 0.15) is 5.82 Å². The zero-order valence-electron chi connectivity index (χ0n) is 10.0. The molecular weight excluding hydrogens is 239 g/mol. The first-order chi connectivity index (χ1) is 8.54. The third-order valence-corrected chi connectivity index (χ3v) is 2.27. The zero-order valence-corrected chi connectivity index (χ0v) is 10.0. The van der Waals surface area contributed by atoms with Gasteiger partial charge in [0.05, 0.1) is 12.2 Å². The average Bonchev–Trinajstić information content (AvgIpc) is 2.36. The molecule has 0 aromatic heterocycles. The van der Waals surface area contributed by atoms with E-state index in [0.717, 1.165) is 6.07 Å². The molecule has 1 rings (SSSR count). The van der Waals surface area contributed by atoms with E-state index in [-0.39, 0.29) is 30.2 Å². The molecule has 6 heteroatoms. The van der Waals surface area contributed by atoms with Crippen molar-refractivity contribution in [3.8, 4) is 0 Å². The van der Waals surface area contributed by atoms with Crippen molar-refractivity contribution in [1.29, 1.82) is 0 Å². The quantitative estimate of drug-likeness (QED) is 0.468. The normalized spacial score (nSPS) is 9.89. The number of carbonyl (C=O) groups excluding carboxylic acids is 2. The van der Waals surface area contributed by atoms with Crippen molar-refractivity contribution in [3.63, 3.8) is 0 Å². The van der Waals surface area contributed by atoms with Crippen molar-refractivity contribution in [2.24, 2.45) is 0 Å². The van der Waals surface area contributed by atoms with Crippen LogP contribution in [0.5, 0.6) is 0 Å². The van der Waals surface area contributed by atoms with Gasteiger partial charge >= 0.3 is 5.97 Å². The van der Waals surface area contributed by atoms with E-state index < -0.39 is 11.8 Å². The molecule has 98 valence electrons. The van der Waals surface area contributed by atoms with Crippen molar-refractivity contribution < 1.29 is 18.7 Å². The van der Waals surface area contributed by atoms with Crippen LogP contribution in [0.4, 0.5) is 10.1 Å². The largest absolute Gasteiger partial charge is 0.462 e. The van der Waals surface area contributed by atoms with Crippen LogP contribution in [0, 0.1) is 5.82 Å². The van der Waals surface area contributed by atoms with Crippen molar-refractivity contribution in [1.82, 2.24) is 5.32 Å². The molecule has 0 saturated heterocycles. The Morgan fingerprint density at radius 1 is 1.44 bits per heavy atom. The van der Waals surface area contributed by atoms with Gasteiger partial charge < -0.3 is 15.8 Å². The van der Waals surface area contributed by atoms with Gasteiger partial charge in [-0.1, -0.05) is 0 Å². The molecule has 3 N–H and O–H groups in total. The number of carbonyl (C=O) groups is 2. The minimum absolute atomic E-state index is 0.0560. The Balaban J connectivity index is 2.46. The number of benzene rings is 1. The summed E-state index contributed by atoms with van der Waals surface area (Å²) in [4.78, 5) is 22.4. The van der Waals surface area contributed by atoms with Gasteiger partial charge in [0.15, 0.2) is 0 Å². The lowest BCUT2D eigenvalue weighted by Crippen LogP contribution is -2.18. The molecule has 0 radical (unpaired) electrons. The van der Waals surface area contributed by atoms with Gasteiger partial charge in [0.2, 0.25) is 5.91 Å². The van der Waals surface area contributed by atoms with Crippen LogP contribution >= 0.6 is 0 Å². The molecule has 0 saturated carbocycles. The Morgan fingerprint density at radius 2 is 2.17 bits per heavy atom. The smallest absolute Gasteiger partial charge is 0.341 e. The van der Waals surface area contributed by atoms with Crippen molar-refractivity contribution in [3.05, 3.63) is 29.6 Å². The number of hydrogen-bond acceptors (Lipinski definition) is 4. The van der Waals surface area contributed by atoms with E-state index in [0.29, 0.717) is 6.42 Å². The highest BCUT2D eigenvalue weighted by Crippen LogP contribution is 2.13. The summed E-state index contributed by atoms with van der Waals surface area (Å²) in [6.45, 7) is 0.0560.